The van der Waals surface area contributed by atoms with Crippen LogP contribution in [0.3, 0.4) is 0 Å². The van der Waals surface area contributed by atoms with Crippen LogP contribution >= 0.6 is 11.8 Å². The molecule has 2 fully saturated rings. The predicted molar refractivity (Wildman–Crippen MR) is 82.5 cm³/mol. The summed E-state index contributed by atoms with van der Waals surface area (Å²) in [6, 6.07) is 0.726. The Morgan fingerprint density at radius 2 is 2.00 bits per heavy atom. The molecule has 0 aromatic rings. The van der Waals surface area contributed by atoms with Gasteiger partial charge in [0.05, 0.1) is 0 Å². The summed E-state index contributed by atoms with van der Waals surface area (Å²) in [6.07, 6.45) is 8.45. The van der Waals surface area contributed by atoms with E-state index < -0.39 is 0 Å². The van der Waals surface area contributed by atoms with Crippen LogP contribution in [0.1, 0.15) is 52.4 Å². The van der Waals surface area contributed by atoms with E-state index in [9.17, 15) is 0 Å². The predicted octanol–water partition coefficient (Wildman–Crippen LogP) is 3.13. The van der Waals surface area contributed by atoms with Gasteiger partial charge in [-0.2, -0.15) is 11.8 Å². The molecule has 1 heterocycles. The Morgan fingerprint density at radius 1 is 1.22 bits per heavy atom. The second-order valence-corrected chi connectivity index (χ2v) is 7.31. The van der Waals surface area contributed by atoms with Crippen molar-refractivity contribution in [2.75, 3.05) is 31.1 Å². The minimum absolute atomic E-state index is 0.512. The largest absolute Gasteiger partial charge is 0.311 e. The summed E-state index contributed by atoms with van der Waals surface area (Å²) in [5, 5.41) is 3.80. The van der Waals surface area contributed by atoms with Crippen molar-refractivity contribution in [1.82, 2.24) is 10.2 Å². The Morgan fingerprint density at radius 3 is 2.67 bits per heavy atom. The summed E-state index contributed by atoms with van der Waals surface area (Å²) < 4.78 is 0. The van der Waals surface area contributed by atoms with Crippen molar-refractivity contribution in [2.45, 2.75) is 64.0 Å². The summed E-state index contributed by atoms with van der Waals surface area (Å²) in [7, 11) is 0. The zero-order valence-corrected chi connectivity index (χ0v) is 13.0. The third-order valence-corrected chi connectivity index (χ3v) is 5.70. The van der Waals surface area contributed by atoms with Gasteiger partial charge in [-0.25, -0.2) is 0 Å². The van der Waals surface area contributed by atoms with Crippen LogP contribution in [0.25, 0.3) is 0 Å². The molecule has 0 bridgehead atoms. The number of hydrogen-bond acceptors (Lipinski definition) is 3. The van der Waals surface area contributed by atoms with Crippen molar-refractivity contribution in [2.24, 2.45) is 0 Å². The van der Waals surface area contributed by atoms with Crippen molar-refractivity contribution in [3.8, 4) is 0 Å². The second-order valence-electron chi connectivity index (χ2n) is 5.91. The summed E-state index contributed by atoms with van der Waals surface area (Å²) in [6.45, 7) is 8.41. The van der Waals surface area contributed by atoms with E-state index in [2.05, 4.69) is 35.8 Å². The number of hydrogen-bond donors (Lipinski definition) is 1. The van der Waals surface area contributed by atoms with E-state index in [0.29, 0.717) is 5.54 Å². The van der Waals surface area contributed by atoms with Gasteiger partial charge in [-0.3, -0.25) is 4.90 Å². The topological polar surface area (TPSA) is 15.3 Å². The Hall–Kier alpha value is 0.270. The molecule has 1 spiro atoms. The molecule has 1 N–H and O–H groups in total. The van der Waals surface area contributed by atoms with Crippen molar-refractivity contribution >= 4 is 11.8 Å². The van der Waals surface area contributed by atoms with Crippen molar-refractivity contribution in [1.29, 1.82) is 0 Å². The molecule has 1 atom stereocenters. The molecule has 1 saturated carbocycles. The number of nitrogens with zero attached hydrogens (tertiary/aromatic N) is 1. The van der Waals surface area contributed by atoms with Crippen LogP contribution in [0.5, 0.6) is 0 Å². The van der Waals surface area contributed by atoms with E-state index in [1.54, 1.807) is 0 Å². The highest BCUT2D eigenvalue weighted by Crippen LogP contribution is 2.35. The Balaban J connectivity index is 1.96. The average molecular weight is 270 g/mol. The molecule has 2 nitrogen and oxygen atoms in total. The maximum Gasteiger partial charge on any atom is 0.0335 e. The van der Waals surface area contributed by atoms with Crippen LogP contribution in [0.4, 0.5) is 0 Å². The van der Waals surface area contributed by atoms with Crippen LogP contribution < -0.4 is 5.32 Å². The smallest absolute Gasteiger partial charge is 0.0335 e. The molecule has 0 aromatic carbocycles. The monoisotopic (exact) mass is 270 g/mol. The van der Waals surface area contributed by atoms with Crippen molar-refractivity contribution < 1.29 is 0 Å². The van der Waals surface area contributed by atoms with E-state index in [4.69, 9.17) is 0 Å². The minimum Gasteiger partial charge on any atom is -0.311 e. The van der Waals surface area contributed by atoms with E-state index in [1.807, 2.05) is 0 Å². The Kier molecular flexibility index (Phi) is 5.84. The summed E-state index contributed by atoms with van der Waals surface area (Å²) in [5.41, 5.74) is 0.512. The molecule has 0 amide bonds. The fraction of sp³-hybridized carbons (Fsp3) is 1.00. The second kappa shape index (κ2) is 7.16. The Bertz CT molecular complexity index is 239. The molecule has 18 heavy (non-hydrogen) atoms. The first kappa shape index (κ1) is 14.7. The minimum atomic E-state index is 0.512. The van der Waals surface area contributed by atoms with Crippen LogP contribution in [-0.4, -0.2) is 47.6 Å². The van der Waals surface area contributed by atoms with Crippen LogP contribution in [-0.2, 0) is 0 Å². The molecule has 0 radical (unpaired) electrons. The first-order valence-corrected chi connectivity index (χ1v) is 9.02. The molecule has 106 valence electrons. The van der Waals surface area contributed by atoms with E-state index in [1.165, 1.54) is 69.7 Å². The molecule has 1 aliphatic heterocycles. The van der Waals surface area contributed by atoms with Crippen LogP contribution in [0.2, 0.25) is 0 Å². The zero-order valence-electron chi connectivity index (χ0n) is 12.2. The fourth-order valence-electron chi connectivity index (χ4n) is 3.59. The quantitative estimate of drug-likeness (QED) is 0.773. The number of thioether (sulfide) groups is 1. The molecule has 1 aliphatic carbocycles. The maximum atomic E-state index is 3.80. The standard InChI is InChI=1S/C15H30N2S/c1-3-14-12-17(10-11-18-4-2)15(13-16-14)8-6-5-7-9-15/h14,16H,3-13H2,1-2H3. The third kappa shape index (κ3) is 3.43. The van der Waals surface area contributed by atoms with Gasteiger partial charge in [-0.05, 0) is 25.0 Å². The lowest BCUT2D eigenvalue weighted by Crippen LogP contribution is -2.65. The SMILES string of the molecule is CCSCCN1CC(CC)NCC12CCCCC2. The molecule has 2 aliphatic rings. The van der Waals surface area contributed by atoms with Gasteiger partial charge in [-0.15, -0.1) is 0 Å². The number of nitrogens with one attached hydrogen (secondary N) is 1. The van der Waals surface area contributed by atoms with Crippen molar-refractivity contribution in [3.63, 3.8) is 0 Å². The summed E-state index contributed by atoms with van der Waals surface area (Å²) in [4.78, 5) is 2.85. The zero-order chi connectivity index (χ0) is 12.8. The molecular weight excluding hydrogens is 240 g/mol. The molecule has 1 unspecified atom stereocenters. The van der Waals surface area contributed by atoms with Gasteiger partial charge in [-0.1, -0.05) is 33.1 Å². The maximum absolute atomic E-state index is 3.80. The van der Waals surface area contributed by atoms with Gasteiger partial charge in [0.15, 0.2) is 0 Å². The molecule has 2 rings (SSSR count). The van der Waals surface area contributed by atoms with Crippen molar-refractivity contribution in [3.05, 3.63) is 0 Å². The normalized spacial score (nSPS) is 28.7. The molecule has 1 saturated heterocycles. The van der Waals surface area contributed by atoms with Gasteiger partial charge >= 0.3 is 0 Å². The van der Waals surface area contributed by atoms with E-state index in [-0.39, 0.29) is 0 Å². The highest BCUT2D eigenvalue weighted by atomic mass is 32.2. The first-order valence-electron chi connectivity index (χ1n) is 7.87. The van der Waals surface area contributed by atoms with Crippen LogP contribution in [0.15, 0.2) is 0 Å². The molecule has 0 aromatic heterocycles. The molecule has 3 heteroatoms. The highest BCUT2D eigenvalue weighted by Gasteiger charge is 2.41. The average Bonchev–Trinajstić information content (AvgIpc) is 2.42. The van der Waals surface area contributed by atoms with Gasteiger partial charge in [0, 0.05) is 37.0 Å². The van der Waals surface area contributed by atoms with Gasteiger partial charge < -0.3 is 5.32 Å². The highest BCUT2D eigenvalue weighted by molar-refractivity contribution is 7.99. The van der Waals surface area contributed by atoms with Gasteiger partial charge in [0.25, 0.3) is 0 Å². The Labute approximate surface area is 117 Å². The third-order valence-electron chi connectivity index (χ3n) is 4.82. The van der Waals surface area contributed by atoms with E-state index >= 15 is 0 Å². The van der Waals surface area contributed by atoms with Crippen LogP contribution in [0, 0.1) is 0 Å². The summed E-state index contributed by atoms with van der Waals surface area (Å²) >= 11 is 2.10. The lowest BCUT2D eigenvalue weighted by molar-refractivity contribution is 0.0145. The number of piperazine rings is 1. The summed E-state index contributed by atoms with van der Waals surface area (Å²) in [5.74, 6) is 2.57. The fourth-order valence-corrected chi connectivity index (χ4v) is 4.23. The number of rotatable bonds is 5. The van der Waals surface area contributed by atoms with Gasteiger partial charge in [0.1, 0.15) is 0 Å². The first-order chi connectivity index (χ1) is 8.80. The van der Waals surface area contributed by atoms with Gasteiger partial charge in [0.2, 0.25) is 0 Å². The van der Waals surface area contributed by atoms with E-state index in [0.717, 1.165) is 6.04 Å². The lowest BCUT2D eigenvalue weighted by atomic mass is 9.78. The lowest BCUT2D eigenvalue weighted by Gasteiger charge is -2.52. The molecular formula is C15H30N2S.